The third-order valence-corrected chi connectivity index (χ3v) is 10.5. The van der Waals surface area contributed by atoms with Gasteiger partial charge in [-0.1, -0.05) is 24.3 Å². The van der Waals surface area contributed by atoms with Crippen LogP contribution in [0.5, 0.6) is 17.2 Å². The van der Waals surface area contributed by atoms with Gasteiger partial charge in [0.2, 0.25) is 0 Å². The Kier molecular flexibility index (Phi) is 8.12. The molecule has 0 radical (unpaired) electrons. The fraction of sp³-hybridized carbons (Fsp3) is 0.308. The highest BCUT2D eigenvalue weighted by Gasteiger charge is 2.46. The van der Waals surface area contributed by atoms with Crippen LogP contribution in [-0.2, 0) is 20.1 Å². The molecule has 42 heavy (non-hydrogen) atoms. The molecule has 4 unspecified atom stereocenters. The highest BCUT2D eigenvalue weighted by Crippen LogP contribution is 2.48. The van der Waals surface area contributed by atoms with Gasteiger partial charge < -0.3 is 19.5 Å². The molecule has 2 heterocycles. The van der Waals surface area contributed by atoms with Crippen LogP contribution in [0.25, 0.3) is 0 Å². The van der Waals surface area contributed by atoms with Crippen LogP contribution in [0.3, 0.4) is 0 Å². The van der Waals surface area contributed by atoms with Crippen LogP contribution >= 0.6 is 0 Å². The van der Waals surface area contributed by atoms with Gasteiger partial charge >= 0.3 is 6.36 Å². The zero-order valence-electron chi connectivity index (χ0n) is 22.4. The summed E-state index contributed by atoms with van der Waals surface area (Å²) in [6, 6.07) is 16.5. The van der Waals surface area contributed by atoms with E-state index in [1.54, 1.807) is 53.4 Å². The minimum atomic E-state index is -4.91. The van der Waals surface area contributed by atoms with Gasteiger partial charge in [0.05, 0.1) is 34.5 Å². The maximum absolute atomic E-state index is 14.0. The fourth-order valence-corrected chi connectivity index (χ4v) is 7.55. The number of nitrogens with one attached hydrogen (secondary N) is 2. The molecule has 0 bridgehead atoms. The summed E-state index contributed by atoms with van der Waals surface area (Å²) in [6.45, 7) is -0.421. The quantitative estimate of drug-likeness (QED) is 0.366. The van der Waals surface area contributed by atoms with Crippen LogP contribution in [-0.4, -0.2) is 73.8 Å². The predicted octanol–water partition coefficient (Wildman–Crippen LogP) is 3.37. The van der Waals surface area contributed by atoms with Crippen molar-refractivity contribution in [2.45, 2.75) is 29.4 Å². The van der Waals surface area contributed by atoms with Gasteiger partial charge in [0.15, 0.2) is 11.5 Å². The van der Waals surface area contributed by atoms with Crippen molar-refractivity contribution in [1.82, 2.24) is 13.7 Å². The second-order valence-electron chi connectivity index (χ2n) is 9.44. The lowest BCUT2D eigenvalue weighted by molar-refractivity contribution is -0.274. The lowest BCUT2D eigenvalue weighted by Gasteiger charge is -2.47. The second kappa shape index (κ2) is 11.3. The van der Waals surface area contributed by atoms with Crippen molar-refractivity contribution < 1.29 is 40.4 Å². The monoisotopic (exact) mass is 627 g/mol. The molecule has 226 valence electrons. The summed E-state index contributed by atoms with van der Waals surface area (Å²) in [4.78, 5) is 1.80. The van der Waals surface area contributed by atoms with Crippen molar-refractivity contribution in [2.75, 3.05) is 32.1 Å². The molecule has 5 rings (SSSR count). The largest absolute Gasteiger partial charge is 0.573 e. The zero-order chi connectivity index (χ0) is 30.3. The smallest absolute Gasteiger partial charge is 0.453 e. The van der Waals surface area contributed by atoms with Crippen molar-refractivity contribution >= 4 is 31.5 Å². The number of benzene rings is 3. The Morgan fingerprint density at radius 2 is 1.52 bits per heavy atom. The summed E-state index contributed by atoms with van der Waals surface area (Å²) in [5.41, 5.74) is 1.17. The number of hydrogen-bond acceptors (Lipinski definition) is 8. The summed E-state index contributed by atoms with van der Waals surface area (Å²) >= 11 is 0. The Labute approximate surface area is 241 Å². The number of hydrogen-bond donors (Lipinski definition) is 3. The van der Waals surface area contributed by atoms with Crippen LogP contribution < -0.4 is 23.8 Å². The van der Waals surface area contributed by atoms with Gasteiger partial charge in [-0.15, -0.1) is 13.2 Å². The molecule has 1 saturated heterocycles. The number of nitrogens with zero attached hydrogens (tertiary/aromatic N) is 3. The van der Waals surface area contributed by atoms with Gasteiger partial charge in [-0.2, -0.15) is 12.7 Å². The number of ether oxygens (including phenoxy) is 2. The molecular weight excluding hydrogens is 599 g/mol. The summed E-state index contributed by atoms with van der Waals surface area (Å²) in [5, 5.41) is 11.8. The molecule has 0 aliphatic carbocycles. The lowest BCUT2D eigenvalue weighted by Crippen LogP contribution is -2.66. The van der Waals surface area contributed by atoms with E-state index in [0.717, 1.165) is 28.6 Å². The van der Waals surface area contributed by atoms with Gasteiger partial charge in [0.1, 0.15) is 15.7 Å². The van der Waals surface area contributed by atoms with Crippen LogP contribution in [0.4, 0.5) is 24.5 Å². The molecule has 2 aliphatic heterocycles. The van der Waals surface area contributed by atoms with Crippen molar-refractivity contribution in [3.8, 4) is 17.2 Å². The van der Waals surface area contributed by atoms with E-state index in [1.165, 1.54) is 14.1 Å². The highest BCUT2D eigenvalue weighted by atomic mass is 32.2. The van der Waals surface area contributed by atoms with E-state index in [9.17, 15) is 30.9 Å². The molecule has 0 saturated carbocycles. The van der Waals surface area contributed by atoms with E-state index in [0.29, 0.717) is 22.9 Å². The van der Waals surface area contributed by atoms with Crippen LogP contribution in [0.1, 0.15) is 0 Å². The fourth-order valence-electron chi connectivity index (χ4n) is 5.00. The normalized spacial score (nSPS) is 22.3. The first-order chi connectivity index (χ1) is 19.8. The molecule has 3 aromatic rings. The van der Waals surface area contributed by atoms with Gasteiger partial charge in [-0.25, -0.2) is 18.0 Å². The first-order valence-corrected chi connectivity index (χ1v) is 15.6. The third-order valence-electron chi connectivity index (χ3n) is 6.94. The highest BCUT2D eigenvalue weighted by molar-refractivity contribution is 7.91. The Morgan fingerprint density at radius 3 is 2.05 bits per heavy atom. The van der Waals surface area contributed by atoms with E-state index in [1.807, 2.05) is 0 Å². The van der Waals surface area contributed by atoms with Gasteiger partial charge in [-0.05, 0) is 48.5 Å². The van der Waals surface area contributed by atoms with Crippen LogP contribution in [0.15, 0.2) is 82.1 Å². The maximum Gasteiger partial charge on any atom is 0.573 e. The van der Waals surface area contributed by atoms with E-state index in [2.05, 4.69) is 18.5 Å². The van der Waals surface area contributed by atoms with Gasteiger partial charge in [0, 0.05) is 27.2 Å². The molecule has 0 aromatic heterocycles. The number of rotatable bonds is 7. The minimum Gasteiger partial charge on any atom is -0.453 e. The molecular formula is C26H28F3N5O6S2. The molecule has 0 amide bonds. The molecule has 3 N–H and O–H groups in total. The number of para-hydroxylation sites is 4. The lowest BCUT2D eigenvalue weighted by atomic mass is 9.96. The van der Waals surface area contributed by atoms with E-state index >= 15 is 0 Å². The average Bonchev–Trinajstić information content (AvgIpc) is 2.96. The predicted molar refractivity (Wildman–Crippen MR) is 149 cm³/mol. The summed E-state index contributed by atoms with van der Waals surface area (Å²) in [5.74, 6) is 0.475. The number of piperidine rings is 1. The van der Waals surface area contributed by atoms with Gasteiger partial charge in [-0.3, -0.25) is 0 Å². The van der Waals surface area contributed by atoms with Crippen LogP contribution in [0.2, 0.25) is 0 Å². The Bertz CT molecular complexity index is 1630. The zero-order valence-corrected chi connectivity index (χ0v) is 24.0. The van der Waals surface area contributed by atoms with Crippen molar-refractivity contribution in [1.29, 1.82) is 0 Å². The number of aliphatic hydroxyl groups is 1. The third kappa shape index (κ3) is 5.91. The molecule has 11 nitrogen and oxygen atoms in total. The van der Waals surface area contributed by atoms with E-state index < -0.39 is 50.4 Å². The summed E-state index contributed by atoms with van der Waals surface area (Å²) in [6.07, 6.45) is -6.21. The minimum absolute atomic E-state index is 0.0129. The first-order valence-electron chi connectivity index (χ1n) is 12.7. The Morgan fingerprint density at radius 1 is 0.952 bits per heavy atom. The van der Waals surface area contributed by atoms with Crippen molar-refractivity contribution in [3.05, 3.63) is 72.8 Å². The Balaban J connectivity index is 1.54. The summed E-state index contributed by atoms with van der Waals surface area (Å²) in [7, 11) is -5.08. The number of alkyl halides is 3. The maximum atomic E-state index is 14.0. The summed E-state index contributed by atoms with van der Waals surface area (Å²) < 4.78 is 98.1. The average molecular weight is 628 g/mol. The molecule has 1 fully saturated rings. The topological polar surface area (TPSA) is 133 Å². The number of aliphatic hydroxyl groups excluding tert-OH is 1. The number of anilines is 2. The molecule has 0 spiro atoms. The van der Waals surface area contributed by atoms with E-state index in [4.69, 9.17) is 4.74 Å². The second-order valence-corrected chi connectivity index (χ2v) is 13.4. The van der Waals surface area contributed by atoms with E-state index in [-0.39, 0.29) is 18.0 Å². The molecule has 2 aliphatic rings. The SMILES string of the molecule is CN=S(=O)(NC1CN(S(=O)(=O)NC)CC(N2c3ccccc3Oc3ccccc32)C1O)c1ccc(OC(F)(F)F)cc1. The molecule has 3 aromatic carbocycles. The number of fused-ring (bicyclic) bond motifs is 2. The Hall–Kier alpha value is -3.41. The molecule has 16 heteroatoms. The number of halogens is 3. The van der Waals surface area contributed by atoms with Crippen molar-refractivity contribution in [3.63, 3.8) is 0 Å². The standard InChI is InChI=1S/C26H28F3N5O6S2/c1-30-41(36,18-13-11-17(12-14-18)40-26(27,28)29)32-19-15-33(42(37,38)31-2)16-22(25(19)35)34-20-7-3-5-9-23(20)39-24-10-6-4-8-21(24)34/h3-14,19,22,25,31,35H,15-16H2,1-2H3,(H,30,32,36). The molecule has 4 atom stereocenters. The van der Waals surface area contributed by atoms with Gasteiger partial charge in [0.25, 0.3) is 10.2 Å². The van der Waals surface area contributed by atoms with Crippen LogP contribution in [0, 0.1) is 0 Å². The van der Waals surface area contributed by atoms with Crippen molar-refractivity contribution in [2.24, 2.45) is 4.36 Å². The first kappa shape index (κ1) is 30.1.